The normalized spacial score (nSPS) is 31.7. The Kier molecular flexibility index (Phi) is 3.13. The molecular weight excluding hydrogens is 174 g/mol. The number of hydrogen-bond donors (Lipinski definition) is 1. The maximum absolute atomic E-state index is 6.11. The second kappa shape index (κ2) is 4.19. The first-order chi connectivity index (χ1) is 6.73. The first-order valence-electron chi connectivity index (χ1n) is 6.14. The number of nitrogens with two attached hydrogens (primary N) is 1. The van der Waals surface area contributed by atoms with Crippen LogP contribution in [0.4, 0.5) is 0 Å². The summed E-state index contributed by atoms with van der Waals surface area (Å²) in [6.45, 7) is 3.26. The molecule has 1 aliphatic carbocycles. The highest BCUT2D eigenvalue weighted by atomic mass is 16.5. The number of hydrogen-bond acceptors (Lipinski definition) is 2. The molecule has 0 bridgehead atoms. The lowest BCUT2D eigenvalue weighted by atomic mass is 9.90. The van der Waals surface area contributed by atoms with Gasteiger partial charge in [-0.2, -0.15) is 0 Å². The third-order valence-electron chi connectivity index (χ3n) is 3.92. The Labute approximate surface area is 87.2 Å². The van der Waals surface area contributed by atoms with E-state index >= 15 is 0 Å². The van der Waals surface area contributed by atoms with E-state index in [9.17, 15) is 0 Å². The molecule has 82 valence electrons. The van der Waals surface area contributed by atoms with Gasteiger partial charge in [-0.05, 0) is 44.4 Å². The van der Waals surface area contributed by atoms with E-state index < -0.39 is 0 Å². The highest BCUT2D eigenvalue weighted by Crippen LogP contribution is 2.39. The van der Waals surface area contributed by atoms with E-state index in [4.69, 9.17) is 10.5 Å². The molecule has 2 atom stereocenters. The molecule has 0 radical (unpaired) electrons. The van der Waals surface area contributed by atoms with Crippen molar-refractivity contribution in [2.75, 3.05) is 6.61 Å². The summed E-state index contributed by atoms with van der Waals surface area (Å²) in [5.41, 5.74) is 6.34. The van der Waals surface area contributed by atoms with Gasteiger partial charge in [0.1, 0.15) is 0 Å². The standard InChI is InChI=1S/C12H23NO/c1-2-10(11-4-3-9-14-11)5-6-12(13)7-8-12/h10-11H,2-9,13H2,1H3. The summed E-state index contributed by atoms with van der Waals surface area (Å²) in [6.07, 6.45) is 9.31. The highest BCUT2D eigenvalue weighted by Gasteiger charge is 2.38. The topological polar surface area (TPSA) is 35.2 Å². The molecule has 2 nitrogen and oxygen atoms in total. The van der Waals surface area contributed by atoms with Crippen LogP contribution in [-0.2, 0) is 4.74 Å². The van der Waals surface area contributed by atoms with Crippen molar-refractivity contribution < 1.29 is 4.74 Å². The molecule has 2 rings (SSSR count). The average Bonchev–Trinajstić information content (AvgIpc) is 2.69. The lowest BCUT2D eigenvalue weighted by Gasteiger charge is -2.22. The minimum absolute atomic E-state index is 0.228. The van der Waals surface area contributed by atoms with Gasteiger partial charge in [0.2, 0.25) is 0 Å². The van der Waals surface area contributed by atoms with Gasteiger partial charge in [-0.25, -0.2) is 0 Å². The molecule has 0 spiro atoms. The Bertz CT molecular complexity index is 183. The van der Waals surface area contributed by atoms with E-state index in [0.29, 0.717) is 6.10 Å². The van der Waals surface area contributed by atoms with E-state index in [1.54, 1.807) is 0 Å². The largest absolute Gasteiger partial charge is 0.378 e. The van der Waals surface area contributed by atoms with E-state index in [-0.39, 0.29) is 5.54 Å². The van der Waals surface area contributed by atoms with Crippen LogP contribution in [0.3, 0.4) is 0 Å². The van der Waals surface area contributed by atoms with Crippen molar-refractivity contribution in [2.45, 2.75) is 63.5 Å². The molecule has 1 saturated heterocycles. The summed E-state index contributed by atoms with van der Waals surface area (Å²) in [4.78, 5) is 0. The van der Waals surface area contributed by atoms with Crippen molar-refractivity contribution >= 4 is 0 Å². The third kappa shape index (κ3) is 2.48. The molecule has 1 aliphatic heterocycles. The van der Waals surface area contributed by atoms with Gasteiger partial charge in [0.25, 0.3) is 0 Å². The number of ether oxygens (including phenoxy) is 1. The number of rotatable bonds is 5. The summed E-state index contributed by atoms with van der Waals surface area (Å²) < 4.78 is 5.75. The first kappa shape index (κ1) is 10.4. The molecule has 2 heteroatoms. The van der Waals surface area contributed by atoms with Gasteiger partial charge in [-0.3, -0.25) is 0 Å². The Balaban J connectivity index is 1.74. The lowest BCUT2D eigenvalue weighted by molar-refractivity contribution is 0.0561. The predicted molar refractivity (Wildman–Crippen MR) is 58.1 cm³/mol. The van der Waals surface area contributed by atoms with E-state index in [0.717, 1.165) is 12.5 Å². The molecule has 2 aliphatic rings. The van der Waals surface area contributed by atoms with Crippen molar-refractivity contribution in [1.29, 1.82) is 0 Å². The van der Waals surface area contributed by atoms with Gasteiger partial charge in [-0.15, -0.1) is 0 Å². The zero-order chi connectivity index (χ0) is 10.0. The Morgan fingerprint density at radius 3 is 2.79 bits per heavy atom. The molecule has 1 heterocycles. The van der Waals surface area contributed by atoms with Crippen molar-refractivity contribution in [2.24, 2.45) is 11.7 Å². The minimum Gasteiger partial charge on any atom is -0.378 e. The third-order valence-corrected chi connectivity index (χ3v) is 3.92. The lowest BCUT2D eigenvalue weighted by Crippen LogP contribution is -2.26. The molecule has 2 N–H and O–H groups in total. The SMILES string of the molecule is CCC(CCC1(N)CC1)C1CCCO1. The fourth-order valence-corrected chi connectivity index (χ4v) is 2.51. The summed E-state index contributed by atoms with van der Waals surface area (Å²) >= 11 is 0. The molecule has 0 aromatic heterocycles. The second-order valence-electron chi connectivity index (χ2n) is 5.12. The van der Waals surface area contributed by atoms with Gasteiger partial charge in [0, 0.05) is 12.1 Å². The van der Waals surface area contributed by atoms with Crippen molar-refractivity contribution in [3.63, 3.8) is 0 Å². The van der Waals surface area contributed by atoms with Crippen molar-refractivity contribution in [3.8, 4) is 0 Å². The molecule has 0 amide bonds. The van der Waals surface area contributed by atoms with Crippen molar-refractivity contribution in [3.05, 3.63) is 0 Å². The average molecular weight is 197 g/mol. The van der Waals surface area contributed by atoms with Gasteiger partial charge in [-0.1, -0.05) is 13.3 Å². The summed E-state index contributed by atoms with van der Waals surface area (Å²) in [5.74, 6) is 0.763. The van der Waals surface area contributed by atoms with Crippen LogP contribution in [0.5, 0.6) is 0 Å². The first-order valence-corrected chi connectivity index (χ1v) is 6.14. The maximum Gasteiger partial charge on any atom is 0.0604 e. The molecule has 2 fully saturated rings. The zero-order valence-electron chi connectivity index (χ0n) is 9.30. The van der Waals surface area contributed by atoms with E-state index in [1.165, 1.54) is 44.9 Å². The molecule has 14 heavy (non-hydrogen) atoms. The monoisotopic (exact) mass is 197 g/mol. The van der Waals surface area contributed by atoms with Crippen LogP contribution >= 0.6 is 0 Å². The molecular formula is C12H23NO. The summed E-state index contributed by atoms with van der Waals surface area (Å²) in [5, 5.41) is 0. The second-order valence-corrected chi connectivity index (χ2v) is 5.12. The van der Waals surface area contributed by atoms with Gasteiger partial charge >= 0.3 is 0 Å². The van der Waals surface area contributed by atoms with Crippen LogP contribution in [0.15, 0.2) is 0 Å². The molecule has 2 unspecified atom stereocenters. The van der Waals surface area contributed by atoms with Crippen LogP contribution in [0, 0.1) is 5.92 Å². The van der Waals surface area contributed by atoms with Crippen LogP contribution in [-0.4, -0.2) is 18.2 Å². The Morgan fingerprint density at radius 1 is 1.50 bits per heavy atom. The van der Waals surface area contributed by atoms with Crippen LogP contribution in [0.2, 0.25) is 0 Å². The smallest absolute Gasteiger partial charge is 0.0604 e. The maximum atomic E-state index is 6.11. The van der Waals surface area contributed by atoms with Gasteiger partial charge in [0.15, 0.2) is 0 Å². The van der Waals surface area contributed by atoms with Crippen molar-refractivity contribution in [1.82, 2.24) is 0 Å². The van der Waals surface area contributed by atoms with E-state index in [2.05, 4.69) is 6.92 Å². The van der Waals surface area contributed by atoms with Crippen LogP contribution in [0.25, 0.3) is 0 Å². The van der Waals surface area contributed by atoms with Gasteiger partial charge in [0.05, 0.1) is 6.10 Å². The molecule has 0 aromatic carbocycles. The molecule has 1 saturated carbocycles. The quantitative estimate of drug-likeness (QED) is 0.735. The zero-order valence-corrected chi connectivity index (χ0v) is 9.30. The fourth-order valence-electron chi connectivity index (χ4n) is 2.51. The van der Waals surface area contributed by atoms with Crippen LogP contribution in [0.1, 0.15) is 51.9 Å². The summed E-state index contributed by atoms with van der Waals surface area (Å²) in [6, 6.07) is 0. The predicted octanol–water partition coefficient (Wildman–Crippen LogP) is 2.46. The minimum atomic E-state index is 0.228. The van der Waals surface area contributed by atoms with E-state index in [1.807, 2.05) is 0 Å². The van der Waals surface area contributed by atoms with Crippen LogP contribution < -0.4 is 5.73 Å². The highest BCUT2D eigenvalue weighted by molar-refractivity contribution is 4.98. The van der Waals surface area contributed by atoms with Gasteiger partial charge < -0.3 is 10.5 Å². The summed E-state index contributed by atoms with van der Waals surface area (Å²) in [7, 11) is 0. The Morgan fingerprint density at radius 2 is 2.29 bits per heavy atom. The Hall–Kier alpha value is -0.0800. The fraction of sp³-hybridized carbons (Fsp3) is 1.00. The molecule has 0 aromatic rings.